The van der Waals surface area contributed by atoms with Gasteiger partial charge in [0.25, 0.3) is 0 Å². The van der Waals surface area contributed by atoms with E-state index in [0.29, 0.717) is 25.7 Å². The first kappa shape index (κ1) is 25.7. The predicted octanol–water partition coefficient (Wildman–Crippen LogP) is 3.97. The molecule has 3 rings (SSSR count). The van der Waals surface area contributed by atoms with Gasteiger partial charge < -0.3 is 23.7 Å². The van der Waals surface area contributed by atoms with Crippen molar-refractivity contribution >= 4 is 20.3 Å². The first-order valence-corrected chi connectivity index (χ1v) is 14.7. The summed E-state index contributed by atoms with van der Waals surface area (Å²) < 4.78 is 25.1. The number of rotatable bonds is 5. The van der Waals surface area contributed by atoms with E-state index >= 15 is 0 Å². The number of aliphatic hydroxyl groups is 1. The number of hydrogen-bond acceptors (Lipinski definition) is 7. The average molecular weight is 471 g/mol. The van der Waals surface area contributed by atoms with Crippen LogP contribution >= 0.6 is 0 Å². The Hall–Kier alpha value is -0.963. The molecule has 2 aliphatic carbocycles. The highest BCUT2D eigenvalue weighted by Gasteiger charge is 2.72. The Bertz CT molecular complexity index is 758. The second-order valence-electron chi connectivity index (χ2n) is 12.3. The Balaban J connectivity index is 2.11. The zero-order valence-corrected chi connectivity index (χ0v) is 22.2. The van der Waals surface area contributed by atoms with E-state index in [-0.39, 0.29) is 35.8 Å². The van der Waals surface area contributed by atoms with Gasteiger partial charge in [-0.25, -0.2) is 0 Å². The summed E-state index contributed by atoms with van der Waals surface area (Å²) in [5, 5.41) is 10.8. The zero-order valence-electron chi connectivity index (χ0n) is 21.2. The molecule has 0 radical (unpaired) electrons. The van der Waals surface area contributed by atoms with Crippen molar-refractivity contribution < 1.29 is 33.3 Å². The van der Waals surface area contributed by atoms with Gasteiger partial charge in [-0.05, 0) is 44.3 Å². The SMILES string of the molecule is CC(=O)OC[C@@]12C[C@@H](OC(C)=O)[C@@H](O[C@@H]3CC(C)(O)CC[C@@]31C)[C@H]2O[Si](C)(C)C(C)(C)C. The monoisotopic (exact) mass is 470 g/mol. The molecular formula is C24H42O7Si. The molecule has 3 fully saturated rings. The van der Waals surface area contributed by atoms with Crippen molar-refractivity contribution in [2.45, 2.75) is 122 Å². The van der Waals surface area contributed by atoms with Crippen molar-refractivity contribution in [3.05, 3.63) is 0 Å². The lowest BCUT2D eigenvalue weighted by Crippen LogP contribution is -2.67. The molecule has 8 heteroatoms. The fraction of sp³-hybridized carbons (Fsp3) is 0.917. The predicted molar refractivity (Wildman–Crippen MR) is 123 cm³/mol. The lowest BCUT2D eigenvalue weighted by atomic mass is 9.52. The molecule has 1 N–H and O–H groups in total. The quantitative estimate of drug-likeness (QED) is 0.480. The molecule has 2 saturated carbocycles. The van der Waals surface area contributed by atoms with Gasteiger partial charge in [0.15, 0.2) is 8.32 Å². The normalized spacial score (nSPS) is 41.7. The maximum atomic E-state index is 12.0. The van der Waals surface area contributed by atoms with Crippen LogP contribution in [0.5, 0.6) is 0 Å². The van der Waals surface area contributed by atoms with E-state index in [9.17, 15) is 14.7 Å². The standard InChI is InChI=1S/C24H42O7Si/c1-15(25)28-14-24-12-17(29-16(2)26)19(20(24)31-32(8,9)21(3,4)5)30-18-13-22(6,27)10-11-23(18,24)7/h17-20,27H,10-14H2,1-9H3/t17-,18-,19-,20-,22?,23+,24-/m1/s1. The molecule has 7 nitrogen and oxygen atoms in total. The first-order valence-electron chi connectivity index (χ1n) is 11.8. The van der Waals surface area contributed by atoms with Gasteiger partial charge in [0.05, 0.1) is 17.8 Å². The molecule has 1 unspecified atom stereocenters. The van der Waals surface area contributed by atoms with Crippen LogP contribution in [0.3, 0.4) is 0 Å². The highest BCUT2D eigenvalue weighted by molar-refractivity contribution is 6.74. The minimum atomic E-state index is -2.24. The topological polar surface area (TPSA) is 91.3 Å². The Labute approximate surface area is 193 Å². The summed E-state index contributed by atoms with van der Waals surface area (Å²) in [6.45, 7) is 18.0. The number of ether oxygens (including phenoxy) is 3. The number of carbonyl (C=O) groups excluding carboxylic acids is 2. The van der Waals surface area contributed by atoms with E-state index in [1.165, 1.54) is 13.8 Å². The second-order valence-corrected chi connectivity index (χ2v) is 17.1. The highest BCUT2D eigenvalue weighted by atomic mass is 28.4. The van der Waals surface area contributed by atoms with E-state index < -0.39 is 37.0 Å². The van der Waals surface area contributed by atoms with Gasteiger partial charge in [-0.2, -0.15) is 0 Å². The van der Waals surface area contributed by atoms with Gasteiger partial charge in [0.1, 0.15) is 18.8 Å². The molecule has 0 aromatic carbocycles. The first-order chi connectivity index (χ1) is 14.4. The van der Waals surface area contributed by atoms with Crippen LogP contribution < -0.4 is 0 Å². The molecule has 2 bridgehead atoms. The van der Waals surface area contributed by atoms with Gasteiger partial charge >= 0.3 is 11.9 Å². The zero-order chi connectivity index (χ0) is 24.3. The Morgan fingerprint density at radius 1 is 1.09 bits per heavy atom. The van der Waals surface area contributed by atoms with E-state index in [2.05, 4.69) is 40.8 Å². The van der Waals surface area contributed by atoms with Crippen molar-refractivity contribution in [3.63, 3.8) is 0 Å². The summed E-state index contributed by atoms with van der Waals surface area (Å²) >= 11 is 0. The van der Waals surface area contributed by atoms with Crippen molar-refractivity contribution in [1.29, 1.82) is 0 Å². The molecule has 0 amide bonds. The maximum Gasteiger partial charge on any atom is 0.302 e. The van der Waals surface area contributed by atoms with Gasteiger partial charge in [0.2, 0.25) is 0 Å². The third kappa shape index (κ3) is 4.28. The summed E-state index contributed by atoms with van der Waals surface area (Å²) in [5.74, 6) is -0.702. The fourth-order valence-corrected chi connectivity index (χ4v) is 7.07. The van der Waals surface area contributed by atoms with E-state index in [1.54, 1.807) is 0 Å². The number of fused-ring (bicyclic) bond motifs is 4. The van der Waals surface area contributed by atoms with Crippen molar-refractivity contribution in [3.8, 4) is 0 Å². The molecule has 1 aliphatic heterocycles. The van der Waals surface area contributed by atoms with Gasteiger partial charge in [-0.3, -0.25) is 9.59 Å². The lowest BCUT2D eigenvalue weighted by molar-refractivity contribution is -0.266. The third-order valence-corrected chi connectivity index (χ3v) is 13.3. The molecule has 1 heterocycles. The summed E-state index contributed by atoms with van der Waals surface area (Å²) in [6, 6.07) is 0. The second kappa shape index (κ2) is 8.07. The van der Waals surface area contributed by atoms with Crippen LogP contribution in [0, 0.1) is 10.8 Å². The molecule has 184 valence electrons. The van der Waals surface area contributed by atoms with Crippen LogP contribution in [0.4, 0.5) is 0 Å². The lowest BCUT2D eigenvalue weighted by Gasteiger charge is -2.61. The molecule has 0 aromatic rings. The number of esters is 2. The summed E-state index contributed by atoms with van der Waals surface area (Å²) in [4.78, 5) is 23.9. The van der Waals surface area contributed by atoms with Crippen LogP contribution in [0.15, 0.2) is 0 Å². The molecule has 3 aliphatic rings. The molecular weight excluding hydrogens is 428 g/mol. The van der Waals surface area contributed by atoms with Crippen LogP contribution in [-0.2, 0) is 28.2 Å². The average Bonchev–Trinajstić information content (AvgIpc) is 2.83. The van der Waals surface area contributed by atoms with Gasteiger partial charge in [-0.15, -0.1) is 0 Å². The van der Waals surface area contributed by atoms with Crippen LogP contribution in [-0.4, -0.2) is 62.0 Å². The minimum Gasteiger partial charge on any atom is -0.465 e. The Morgan fingerprint density at radius 3 is 2.25 bits per heavy atom. The van der Waals surface area contributed by atoms with E-state index in [0.717, 1.165) is 0 Å². The van der Waals surface area contributed by atoms with Crippen LogP contribution in [0.25, 0.3) is 0 Å². The van der Waals surface area contributed by atoms with Crippen LogP contribution in [0.1, 0.15) is 74.1 Å². The molecule has 32 heavy (non-hydrogen) atoms. The third-order valence-electron chi connectivity index (χ3n) is 8.83. The smallest absolute Gasteiger partial charge is 0.302 e. The Kier molecular flexibility index (Phi) is 6.47. The molecule has 7 atom stereocenters. The number of carbonyl (C=O) groups is 2. The number of hydrogen-bond donors (Lipinski definition) is 1. The highest BCUT2D eigenvalue weighted by Crippen LogP contribution is 2.65. The van der Waals surface area contributed by atoms with Crippen molar-refractivity contribution in [1.82, 2.24) is 0 Å². The van der Waals surface area contributed by atoms with Crippen molar-refractivity contribution in [2.75, 3.05) is 6.61 Å². The van der Waals surface area contributed by atoms with E-state index in [4.69, 9.17) is 18.6 Å². The largest absolute Gasteiger partial charge is 0.465 e. The molecule has 0 spiro atoms. The van der Waals surface area contributed by atoms with Crippen molar-refractivity contribution in [2.24, 2.45) is 10.8 Å². The summed E-state index contributed by atoms with van der Waals surface area (Å²) in [7, 11) is -2.24. The molecule has 0 aromatic heterocycles. The van der Waals surface area contributed by atoms with E-state index in [1.807, 2.05) is 6.92 Å². The minimum absolute atomic E-state index is 0.0278. The van der Waals surface area contributed by atoms with Gasteiger partial charge in [-0.1, -0.05) is 27.7 Å². The fourth-order valence-electron chi connectivity index (χ4n) is 5.72. The summed E-state index contributed by atoms with van der Waals surface area (Å²) in [6.07, 6.45) is 0.785. The summed E-state index contributed by atoms with van der Waals surface area (Å²) in [5.41, 5.74) is -1.79. The Morgan fingerprint density at radius 2 is 1.72 bits per heavy atom. The maximum absolute atomic E-state index is 12.0. The molecule has 1 saturated heterocycles. The van der Waals surface area contributed by atoms with Crippen LogP contribution in [0.2, 0.25) is 18.1 Å². The van der Waals surface area contributed by atoms with Gasteiger partial charge in [0, 0.05) is 31.1 Å².